The predicted molar refractivity (Wildman–Crippen MR) is 147 cm³/mol. The largest absolute Gasteiger partial charge is 0.361 e. The molecular formula is C31H36N4O2. The summed E-state index contributed by atoms with van der Waals surface area (Å²) in [7, 11) is 0. The van der Waals surface area contributed by atoms with Crippen molar-refractivity contribution in [2.45, 2.75) is 25.7 Å². The highest BCUT2D eigenvalue weighted by atomic mass is 16.2. The number of aromatic amines is 1. The minimum Gasteiger partial charge on any atom is -0.361 e. The number of likely N-dealkylation sites (tertiary alicyclic amines) is 1. The number of carbonyl (C=O) groups is 2. The molecule has 6 nitrogen and oxygen atoms in total. The van der Waals surface area contributed by atoms with Gasteiger partial charge < -0.3 is 14.8 Å². The molecule has 3 aliphatic rings. The highest BCUT2D eigenvalue weighted by molar-refractivity contribution is 5.89. The van der Waals surface area contributed by atoms with E-state index in [1.165, 1.54) is 5.56 Å². The van der Waals surface area contributed by atoms with Crippen LogP contribution in [0.25, 0.3) is 17.0 Å². The number of hydrogen-bond donors (Lipinski definition) is 1. The molecule has 1 N–H and O–H groups in total. The predicted octanol–water partition coefficient (Wildman–Crippen LogP) is 4.20. The van der Waals surface area contributed by atoms with Gasteiger partial charge in [-0.3, -0.25) is 14.5 Å². The zero-order chi connectivity index (χ0) is 25.2. The van der Waals surface area contributed by atoms with Crippen LogP contribution in [0, 0.1) is 11.3 Å². The van der Waals surface area contributed by atoms with Crippen molar-refractivity contribution in [2.24, 2.45) is 11.3 Å². The van der Waals surface area contributed by atoms with Gasteiger partial charge in [-0.15, -0.1) is 0 Å². The summed E-state index contributed by atoms with van der Waals surface area (Å²) in [6.07, 6.45) is 9.68. The Bertz CT molecular complexity index is 1280. The molecule has 1 spiro atoms. The van der Waals surface area contributed by atoms with Crippen molar-refractivity contribution >= 4 is 28.8 Å². The molecule has 3 fully saturated rings. The standard InChI is InChI=1S/C31H36N4O2/c36-29(21-25-23-32-28-11-5-4-10-26(25)28)34-15-12-31(13-16-34)22-27(31)30(37)35-19-17-33(18-20-35)14-6-9-24-7-2-1-3-8-24/h1-11,23,27,32H,12-22H2/b9-6+. The highest BCUT2D eigenvalue weighted by Crippen LogP contribution is 2.60. The molecule has 6 heteroatoms. The third-order valence-electron chi connectivity index (χ3n) is 8.77. The Balaban J connectivity index is 0.952. The Morgan fingerprint density at radius 3 is 2.41 bits per heavy atom. The second-order valence-electron chi connectivity index (χ2n) is 11.0. The maximum absolute atomic E-state index is 13.3. The van der Waals surface area contributed by atoms with Crippen LogP contribution >= 0.6 is 0 Å². The minimum atomic E-state index is 0.129. The number of amides is 2. The number of aromatic nitrogens is 1. The van der Waals surface area contributed by atoms with E-state index in [9.17, 15) is 9.59 Å². The lowest BCUT2D eigenvalue weighted by molar-refractivity contribution is -0.135. The molecule has 6 rings (SSSR count). The molecule has 0 bridgehead atoms. The first kappa shape index (κ1) is 24.0. The number of nitrogens with one attached hydrogen (secondary N) is 1. The fraction of sp³-hybridized carbons (Fsp3) is 0.419. The number of hydrogen-bond acceptors (Lipinski definition) is 3. The Labute approximate surface area is 218 Å². The minimum absolute atomic E-state index is 0.129. The molecule has 2 aliphatic heterocycles. The molecule has 0 radical (unpaired) electrons. The molecule has 3 aromatic rings. The van der Waals surface area contributed by atoms with E-state index in [1.807, 2.05) is 35.4 Å². The van der Waals surface area contributed by atoms with Gasteiger partial charge >= 0.3 is 0 Å². The number of para-hydroxylation sites is 1. The number of piperidine rings is 1. The summed E-state index contributed by atoms with van der Waals surface area (Å²) in [5.74, 6) is 0.696. The average Bonchev–Trinajstić information content (AvgIpc) is 3.49. The van der Waals surface area contributed by atoms with Crippen LogP contribution in [-0.2, 0) is 16.0 Å². The summed E-state index contributed by atoms with van der Waals surface area (Å²) >= 11 is 0. The number of carbonyl (C=O) groups excluding carboxylic acids is 2. The Kier molecular flexibility index (Phi) is 6.59. The molecule has 37 heavy (non-hydrogen) atoms. The van der Waals surface area contributed by atoms with Crippen LogP contribution < -0.4 is 0 Å². The maximum Gasteiger partial charge on any atom is 0.227 e. The van der Waals surface area contributed by atoms with Crippen LogP contribution in [0.2, 0.25) is 0 Å². The number of benzene rings is 2. The summed E-state index contributed by atoms with van der Waals surface area (Å²) in [6, 6.07) is 18.5. The zero-order valence-electron chi connectivity index (χ0n) is 21.4. The van der Waals surface area contributed by atoms with Gasteiger partial charge in [0.25, 0.3) is 0 Å². The van der Waals surface area contributed by atoms with Crippen molar-refractivity contribution < 1.29 is 9.59 Å². The quantitative estimate of drug-likeness (QED) is 0.557. The molecule has 2 amide bonds. The van der Waals surface area contributed by atoms with E-state index in [-0.39, 0.29) is 17.2 Å². The zero-order valence-corrected chi connectivity index (χ0v) is 21.4. The molecule has 3 heterocycles. The molecule has 2 saturated heterocycles. The average molecular weight is 497 g/mol. The lowest BCUT2D eigenvalue weighted by atomic mass is 9.90. The normalized spacial score (nSPS) is 21.7. The summed E-state index contributed by atoms with van der Waals surface area (Å²) in [6.45, 7) is 5.97. The number of rotatable bonds is 6. The first-order valence-corrected chi connectivity index (χ1v) is 13.7. The fourth-order valence-electron chi connectivity index (χ4n) is 6.28. The molecular weight excluding hydrogens is 460 g/mol. The summed E-state index contributed by atoms with van der Waals surface area (Å²) < 4.78 is 0. The molecule has 1 unspecified atom stereocenters. The number of H-pyrrole nitrogens is 1. The number of fused-ring (bicyclic) bond motifs is 1. The molecule has 1 aliphatic carbocycles. The summed E-state index contributed by atoms with van der Waals surface area (Å²) in [5.41, 5.74) is 3.49. The van der Waals surface area contributed by atoms with Crippen molar-refractivity contribution in [3.05, 3.63) is 78.0 Å². The van der Waals surface area contributed by atoms with Gasteiger partial charge in [-0.05, 0) is 41.9 Å². The van der Waals surface area contributed by atoms with E-state index in [2.05, 4.69) is 57.3 Å². The van der Waals surface area contributed by atoms with Crippen LogP contribution in [0.1, 0.15) is 30.4 Å². The van der Waals surface area contributed by atoms with Gasteiger partial charge in [0.1, 0.15) is 0 Å². The lowest BCUT2D eigenvalue weighted by Gasteiger charge is -2.36. The van der Waals surface area contributed by atoms with Gasteiger partial charge in [0.05, 0.1) is 6.42 Å². The van der Waals surface area contributed by atoms with Gasteiger partial charge in [-0.1, -0.05) is 60.7 Å². The van der Waals surface area contributed by atoms with Crippen LogP contribution in [0.4, 0.5) is 0 Å². The Hall–Kier alpha value is -3.38. The second kappa shape index (κ2) is 10.2. The van der Waals surface area contributed by atoms with E-state index in [0.29, 0.717) is 12.3 Å². The van der Waals surface area contributed by atoms with Crippen LogP contribution in [0.15, 0.2) is 66.9 Å². The number of piperazine rings is 1. The van der Waals surface area contributed by atoms with Gasteiger partial charge in [0.15, 0.2) is 0 Å². The molecule has 1 saturated carbocycles. The first-order chi connectivity index (χ1) is 18.1. The third-order valence-corrected chi connectivity index (χ3v) is 8.77. The van der Waals surface area contributed by atoms with Gasteiger partial charge in [0, 0.05) is 68.8 Å². The molecule has 192 valence electrons. The number of nitrogens with zero attached hydrogens (tertiary/aromatic N) is 3. The second-order valence-corrected chi connectivity index (χ2v) is 11.0. The fourth-order valence-corrected chi connectivity index (χ4v) is 6.28. The SMILES string of the molecule is O=C(Cc1c[nH]c2ccccc12)N1CCC2(CC1)CC2C(=O)N1CCN(C/C=C/c2ccccc2)CC1. The lowest BCUT2D eigenvalue weighted by Crippen LogP contribution is -2.49. The smallest absolute Gasteiger partial charge is 0.227 e. The van der Waals surface area contributed by atoms with E-state index < -0.39 is 0 Å². The summed E-state index contributed by atoms with van der Waals surface area (Å²) in [4.78, 5) is 36.1. The maximum atomic E-state index is 13.3. The van der Waals surface area contributed by atoms with Crippen molar-refractivity contribution in [3.8, 4) is 0 Å². The Morgan fingerprint density at radius 2 is 1.62 bits per heavy atom. The van der Waals surface area contributed by atoms with E-state index in [1.54, 1.807) is 0 Å². The van der Waals surface area contributed by atoms with E-state index in [4.69, 9.17) is 0 Å². The van der Waals surface area contributed by atoms with Crippen LogP contribution in [0.5, 0.6) is 0 Å². The van der Waals surface area contributed by atoms with Gasteiger partial charge in [0.2, 0.25) is 11.8 Å². The van der Waals surface area contributed by atoms with Gasteiger partial charge in [-0.25, -0.2) is 0 Å². The summed E-state index contributed by atoms with van der Waals surface area (Å²) in [5, 5.41) is 1.13. The highest BCUT2D eigenvalue weighted by Gasteiger charge is 2.59. The van der Waals surface area contributed by atoms with E-state index >= 15 is 0 Å². The molecule has 1 atom stereocenters. The van der Waals surface area contributed by atoms with Crippen molar-refractivity contribution in [2.75, 3.05) is 45.8 Å². The van der Waals surface area contributed by atoms with Crippen molar-refractivity contribution in [1.82, 2.24) is 19.7 Å². The molecule has 2 aromatic carbocycles. The topological polar surface area (TPSA) is 59.7 Å². The van der Waals surface area contributed by atoms with Crippen LogP contribution in [0.3, 0.4) is 0 Å². The Morgan fingerprint density at radius 1 is 0.892 bits per heavy atom. The first-order valence-electron chi connectivity index (χ1n) is 13.7. The van der Waals surface area contributed by atoms with E-state index in [0.717, 1.165) is 81.5 Å². The van der Waals surface area contributed by atoms with Crippen molar-refractivity contribution in [3.63, 3.8) is 0 Å². The molecule has 1 aromatic heterocycles. The van der Waals surface area contributed by atoms with Crippen LogP contribution in [-0.4, -0.2) is 77.3 Å². The van der Waals surface area contributed by atoms with Crippen molar-refractivity contribution in [1.29, 1.82) is 0 Å². The third kappa shape index (κ3) is 5.08. The monoisotopic (exact) mass is 496 g/mol. The van der Waals surface area contributed by atoms with Gasteiger partial charge in [-0.2, -0.15) is 0 Å².